The van der Waals surface area contributed by atoms with Crippen molar-refractivity contribution in [1.82, 2.24) is 10.3 Å². The van der Waals surface area contributed by atoms with E-state index in [9.17, 15) is 0 Å². The topological polar surface area (TPSA) is 46.2 Å². The van der Waals surface area contributed by atoms with Crippen molar-refractivity contribution in [2.24, 2.45) is 0 Å². The molecule has 4 heteroatoms. The zero-order valence-electron chi connectivity index (χ0n) is 10.7. The Bertz CT molecular complexity index is 384. The predicted octanol–water partition coefficient (Wildman–Crippen LogP) is 2.10. The maximum atomic E-state index is 5.37. The van der Waals surface area contributed by atoms with E-state index in [1.165, 1.54) is 18.5 Å². The molecule has 1 aromatic heterocycles. The highest BCUT2D eigenvalue weighted by atomic mass is 16.5. The van der Waals surface area contributed by atoms with Gasteiger partial charge in [0.1, 0.15) is 5.82 Å². The number of nitrogens with one attached hydrogen (secondary N) is 2. The molecule has 2 aliphatic rings. The van der Waals surface area contributed by atoms with Crippen molar-refractivity contribution in [3.05, 3.63) is 23.9 Å². The number of pyridine rings is 1. The Balaban J connectivity index is 1.66. The van der Waals surface area contributed by atoms with Gasteiger partial charge in [0, 0.05) is 25.3 Å². The van der Waals surface area contributed by atoms with Crippen molar-refractivity contribution < 1.29 is 4.74 Å². The largest absolute Gasteiger partial charge is 0.381 e. The fourth-order valence-electron chi connectivity index (χ4n) is 2.71. The molecule has 1 aromatic rings. The molecule has 0 bridgehead atoms. The quantitative estimate of drug-likeness (QED) is 0.858. The van der Waals surface area contributed by atoms with Crippen LogP contribution in [0.5, 0.6) is 0 Å². The van der Waals surface area contributed by atoms with E-state index in [0.29, 0.717) is 12.1 Å². The van der Waals surface area contributed by atoms with E-state index in [1.807, 2.05) is 0 Å². The Morgan fingerprint density at radius 1 is 1.22 bits per heavy atom. The van der Waals surface area contributed by atoms with Crippen LogP contribution >= 0.6 is 0 Å². The van der Waals surface area contributed by atoms with E-state index in [-0.39, 0.29) is 0 Å². The van der Waals surface area contributed by atoms with E-state index in [0.717, 1.165) is 38.4 Å². The second-order valence-corrected chi connectivity index (χ2v) is 5.13. The van der Waals surface area contributed by atoms with Gasteiger partial charge in [-0.1, -0.05) is 6.07 Å². The highest BCUT2D eigenvalue weighted by Crippen LogP contribution is 2.23. The first-order valence-electron chi connectivity index (χ1n) is 6.96. The van der Waals surface area contributed by atoms with Gasteiger partial charge in [-0.3, -0.25) is 0 Å². The van der Waals surface area contributed by atoms with E-state index < -0.39 is 0 Å². The van der Waals surface area contributed by atoms with Crippen molar-refractivity contribution in [3.8, 4) is 0 Å². The van der Waals surface area contributed by atoms with Crippen molar-refractivity contribution in [3.63, 3.8) is 0 Å². The summed E-state index contributed by atoms with van der Waals surface area (Å²) in [6, 6.07) is 7.25. The highest BCUT2D eigenvalue weighted by molar-refractivity contribution is 5.37. The van der Waals surface area contributed by atoms with Crippen LogP contribution < -0.4 is 10.6 Å². The summed E-state index contributed by atoms with van der Waals surface area (Å²) in [7, 11) is 0. The lowest BCUT2D eigenvalue weighted by Gasteiger charge is -2.24. The van der Waals surface area contributed by atoms with Gasteiger partial charge in [-0.25, -0.2) is 4.98 Å². The number of aromatic nitrogens is 1. The van der Waals surface area contributed by atoms with Gasteiger partial charge < -0.3 is 15.4 Å². The minimum Gasteiger partial charge on any atom is -0.381 e. The normalized spacial score (nSPS) is 25.2. The minimum absolute atomic E-state index is 0.446. The summed E-state index contributed by atoms with van der Waals surface area (Å²) in [5.74, 6) is 1.01. The van der Waals surface area contributed by atoms with Crippen LogP contribution in [-0.2, 0) is 4.74 Å². The predicted molar refractivity (Wildman–Crippen MR) is 71.7 cm³/mol. The fourth-order valence-corrected chi connectivity index (χ4v) is 2.71. The first-order chi connectivity index (χ1) is 8.92. The van der Waals surface area contributed by atoms with Crippen molar-refractivity contribution in [1.29, 1.82) is 0 Å². The summed E-state index contributed by atoms with van der Waals surface area (Å²) in [4.78, 5) is 4.73. The lowest BCUT2D eigenvalue weighted by atomic mass is 10.1. The van der Waals surface area contributed by atoms with Gasteiger partial charge in [0.2, 0.25) is 0 Å². The van der Waals surface area contributed by atoms with Gasteiger partial charge in [-0.2, -0.15) is 0 Å². The molecule has 3 rings (SSSR count). The van der Waals surface area contributed by atoms with Crippen LogP contribution in [0.1, 0.15) is 37.4 Å². The molecule has 18 heavy (non-hydrogen) atoms. The Morgan fingerprint density at radius 2 is 2.11 bits per heavy atom. The molecule has 0 amide bonds. The minimum atomic E-state index is 0.446. The van der Waals surface area contributed by atoms with Gasteiger partial charge >= 0.3 is 0 Å². The molecule has 0 aromatic carbocycles. The van der Waals surface area contributed by atoms with Crippen LogP contribution in [0.2, 0.25) is 0 Å². The van der Waals surface area contributed by atoms with Crippen LogP contribution in [0.25, 0.3) is 0 Å². The molecule has 2 fully saturated rings. The second-order valence-electron chi connectivity index (χ2n) is 5.13. The molecule has 4 nitrogen and oxygen atoms in total. The maximum absolute atomic E-state index is 5.37. The van der Waals surface area contributed by atoms with E-state index in [1.54, 1.807) is 0 Å². The standard InChI is InChI=1S/C14H21N3O/c1-3-13(12-4-2-8-15-12)17-14(5-1)16-11-6-9-18-10-7-11/h1,3,5,11-12,15H,2,4,6-10H2,(H,16,17). The lowest BCUT2D eigenvalue weighted by Crippen LogP contribution is -2.28. The summed E-state index contributed by atoms with van der Waals surface area (Å²) in [5, 5.41) is 7.02. The zero-order chi connectivity index (χ0) is 12.2. The first-order valence-corrected chi connectivity index (χ1v) is 6.96. The van der Waals surface area contributed by atoms with Crippen molar-refractivity contribution >= 4 is 5.82 Å². The molecular formula is C14H21N3O. The number of rotatable bonds is 3. The molecule has 98 valence electrons. The monoisotopic (exact) mass is 247 g/mol. The SMILES string of the molecule is c1cc(NC2CCOCC2)nc(C2CCCN2)c1. The Hall–Kier alpha value is -1.13. The molecular weight excluding hydrogens is 226 g/mol. The summed E-state index contributed by atoms with van der Waals surface area (Å²) < 4.78 is 5.37. The lowest BCUT2D eigenvalue weighted by molar-refractivity contribution is 0.0904. The zero-order valence-corrected chi connectivity index (χ0v) is 10.7. The summed E-state index contributed by atoms with van der Waals surface area (Å²) >= 11 is 0. The molecule has 0 radical (unpaired) electrons. The molecule has 0 aliphatic carbocycles. The van der Waals surface area contributed by atoms with E-state index in [2.05, 4.69) is 28.8 Å². The Morgan fingerprint density at radius 3 is 2.89 bits per heavy atom. The Kier molecular flexibility index (Phi) is 3.76. The van der Waals surface area contributed by atoms with Gasteiger partial charge in [0.15, 0.2) is 0 Å². The molecule has 0 spiro atoms. The number of anilines is 1. The van der Waals surface area contributed by atoms with Crippen LogP contribution in [-0.4, -0.2) is 30.8 Å². The van der Waals surface area contributed by atoms with Crippen molar-refractivity contribution in [2.75, 3.05) is 25.1 Å². The third kappa shape index (κ3) is 2.82. The number of ether oxygens (including phenoxy) is 1. The summed E-state index contributed by atoms with van der Waals surface area (Å²) in [6.45, 7) is 2.84. The van der Waals surface area contributed by atoms with Crippen LogP contribution in [0.15, 0.2) is 18.2 Å². The molecule has 2 N–H and O–H groups in total. The van der Waals surface area contributed by atoms with E-state index >= 15 is 0 Å². The van der Waals surface area contributed by atoms with Gasteiger partial charge in [0.05, 0.1) is 5.69 Å². The van der Waals surface area contributed by atoms with Crippen LogP contribution in [0.4, 0.5) is 5.82 Å². The molecule has 3 heterocycles. The Labute approximate surface area is 108 Å². The highest BCUT2D eigenvalue weighted by Gasteiger charge is 2.18. The third-order valence-electron chi connectivity index (χ3n) is 3.76. The smallest absolute Gasteiger partial charge is 0.126 e. The average Bonchev–Trinajstić information content (AvgIpc) is 2.94. The van der Waals surface area contributed by atoms with E-state index in [4.69, 9.17) is 9.72 Å². The number of hydrogen-bond donors (Lipinski definition) is 2. The average molecular weight is 247 g/mol. The van der Waals surface area contributed by atoms with Crippen LogP contribution in [0, 0.1) is 0 Å². The first kappa shape index (κ1) is 11.9. The fraction of sp³-hybridized carbons (Fsp3) is 0.643. The third-order valence-corrected chi connectivity index (χ3v) is 3.76. The van der Waals surface area contributed by atoms with Crippen LogP contribution in [0.3, 0.4) is 0 Å². The molecule has 0 saturated carbocycles. The molecule has 2 saturated heterocycles. The summed E-state index contributed by atoms with van der Waals surface area (Å²) in [6.07, 6.45) is 4.61. The maximum Gasteiger partial charge on any atom is 0.126 e. The molecule has 1 unspecified atom stereocenters. The number of hydrogen-bond acceptors (Lipinski definition) is 4. The number of nitrogens with zero attached hydrogens (tertiary/aromatic N) is 1. The van der Waals surface area contributed by atoms with Crippen molar-refractivity contribution in [2.45, 2.75) is 37.8 Å². The summed E-state index contributed by atoms with van der Waals surface area (Å²) in [5.41, 5.74) is 1.17. The van der Waals surface area contributed by atoms with Gasteiger partial charge in [0.25, 0.3) is 0 Å². The molecule has 2 aliphatic heterocycles. The van der Waals surface area contributed by atoms with Gasteiger partial charge in [-0.15, -0.1) is 0 Å². The molecule has 1 atom stereocenters. The second kappa shape index (κ2) is 5.67. The van der Waals surface area contributed by atoms with Gasteiger partial charge in [-0.05, 0) is 44.4 Å².